The van der Waals surface area contributed by atoms with Gasteiger partial charge in [0.1, 0.15) is 5.75 Å². The van der Waals surface area contributed by atoms with Crippen molar-refractivity contribution < 1.29 is 4.74 Å². The van der Waals surface area contributed by atoms with E-state index in [2.05, 4.69) is 68.4 Å². The highest BCUT2D eigenvalue weighted by molar-refractivity contribution is 6.52. The van der Waals surface area contributed by atoms with E-state index in [4.69, 9.17) is 4.74 Å². The Morgan fingerprint density at radius 3 is 2.43 bits per heavy atom. The zero-order valence-corrected chi connectivity index (χ0v) is 16.0. The van der Waals surface area contributed by atoms with Crippen LogP contribution in [-0.4, -0.2) is 16.1 Å². The summed E-state index contributed by atoms with van der Waals surface area (Å²) in [6.07, 6.45) is 5.08. The Morgan fingerprint density at radius 2 is 1.70 bits per heavy atom. The van der Waals surface area contributed by atoms with Crippen molar-refractivity contribution in [2.75, 3.05) is 6.61 Å². The Bertz CT molecular complexity index is 553. The quantitative estimate of drug-likeness (QED) is 0.592. The molecule has 0 radical (unpaired) electrons. The number of ether oxygens (including phenoxy) is 1. The molecule has 2 rings (SSSR count). The highest BCUT2D eigenvalue weighted by atomic mass is 28.2. The van der Waals surface area contributed by atoms with Crippen LogP contribution in [0.1, 0.15) is 45.1 Å². The molecule has 0 saturated carbocycles. The minimum atomic E-state index is -0.266. The fourth-order valence-corrected chi connectivity index (χ4v) is 4.46. The van der Waals surface area contributed by atoms with Gasteiger partial charge >= 0.3 is 0 Å². The Labute approximate surface area is 143 Å². The maximum atomic E-state index is 6.20. The van der Waals surface area contributed by atoms with Gasteiger partial charge in [-0.2, -0.15) is 0 Å². The average Bonchev–Trinajstić information content (AvgIpc) is 2.62. The van der Waals surface area contributed by atoms with Crippen LogP contribution in [0.15, 0.2) is 54.6 Å². The molecule has 1 unspecified atom stereocenters. The van der Waals surface area contributed by atoms with Crippen LogP contribution < -0.4 is 9.92 Å². The molecule has 2 aromatic rings. The van der Waals surface area contributed by atoms with E-state index in [1.54, 1.807) is 0 Å². The van der Waals surface area contributed by atoms with E-state index in [1.165, 1.54) is 42.5 Å². The summed E-state index contributed by atoms with van der Waals surface area (Å²) in [5, 5.41) is 1.52. The van der Waals surface area contributed by atoms with E-state index in [0.29, 0.717) is 5.92 Å². The maximum absolute atomic E-state index is 6.20. The first-order valence-corrected chi connectivity index (χ1v) is 10.8. The second-order valence-corrected chi connectivity index (χ2v) is 8.14. The van der Waals surface area contributed by atoms with Gasteiger partial charge < -0.3 is 4.74 Å². The number of rotatable bonds is 10. The van der Waals surface area contributed by atoms with Crippen LogP contribution in [0.5, 0.6) is 5.75 Å². The first-order chi connectivity index (χ1) is 11.3. The van der Waals surface area contributed by atoms with Crippen LogP contribution in [0.25, 0.3) is 0 Å². The zero-order valence-electron chi connectivity index (χ0n) is 14.6. The Balaban J connectivity index is 1.91. The van der Waals surface area contributed by atoms with Crippen LogP contribution in [0.4, 0.5) is 0 Å². The Hall–Kier alpha value is -1.54. The molecule has 0 aromatic heterocycles. The second kappa shape index (κ2) is 10.3. The third-order valence-electron chi connectivity index (χ3n) is 4.52. The molecule has 2 aromatic carbocycles. The second-order valence-electron chi connectivity index (χ2n) is 6.32. The summed E-state index contributed by atoms with van der Waals surface area (Å²) in [5.41, 5.74) is 1.38. The van der Waals surface area contributed by atoms with E-state index in [9.17, 15) is 0 Å². The van der Waals surface area contributed by atoms with Crippen LogP contribution >= 0.6 is 0 Å². The van der Waals surface area contributed by atoms with Gasteiger partial charge in [0.05, 0.1) is 16.1 Å². The van der Waals surface area contributed by atoms with Crippen molar-refractivity contribution in [3.63, 3.8) is 0 Å². The summed E-state index contributed by atoms with van der Waals surface area (Å²) in [5.74, 6) is 1.79. The first kappa shape index (κ1) is 17.8. The SMILES string of the molecule is CCCCC(CC)COc1ccccc1C[SiH2]c1ccccc1. The van der Waals surface area contributed by atoms with Crippen molar-refractivity contribution in [2.24, 2.45) is 5.92 Å². The van der Waals surface area contributed by atoms with Crippen LogP contribution in [0, 0.1) is 5.92 Å². The molecular formula is C21H30OSi. The van der Waals surface area contributed by atoms with Gasteiger partial charge in [0.2, 0.25) is 0 Å². The van der Waals surface area contributed by atoms with Crippen molar-refractivity contribution in [3.8, 4) is 5.75 Å². The molecule has 0 N–H and O–H groups in total. The standard InChI is InChI=1S/C21H30OSi/c1-3-5-11-18(4-2)16-22-21-15-10-9-12-19(21)17-23-20-13-7-6-8-14-20/h6-10,12-15,18H,3-5,11,16-17,23H2,1-2H3. The summed E-state index contributed by atoms with van der Waals surface area (Å²) < 4.78 is 6.20. The van der Waals surface area contributed by atoms with E-state index in [1.807, 2.05) is 0 Å². The van der Waals surface area contributed by atoms with Crippen molar-refractivity contribution in [1.82, 2.24) is 0 Å². The molecular weight excluding hydrogens is 296 g/mol. The molecule has 23 heavy (non-hydrogen) atoms. The highest BCUT2D eigenvalue weighted by Crippen LogP contribution is 2.21. The highest BCUT2D eigenvalue weighted by Gasteiger charge is 2.09. The summed E-state index contributed by atoms with van der Waals surface area (Å²) in [6.45, 7) is 5.40. The minimum Gasteiger partial charge on any atom is -0.493 e. The molecule has 0 bridgehead atoms. The van der Waals surface area contributed by atoms with Crippen molar-refractivity contribution in [3.05, 3.63) is 60.2 Å². The predicted octanol–water partition coefficient (Wildman–Crippen LogP) is 4.28. The van der Waals surface area contributed by atoms with Crippen molar-refractivity contribution in [2.45, 2.75) is 45.6 Å². The molecule has 0 saturated heterocycles. The number of unbranched alkanes of at least 4 members (excludes halogenated alkanes) is 1. The van der Waals surface area contributed by atoms with E-state index < -0.39 is 0 Å². The topological polar surface area (TPSA) is 9.23 Å². The molecule has 0 amide bonds. The van der Waals surface area contributed by atoms with Gasteiger partial charge in [-0.15, -0.1) is 0 Å². The largest absolute Gasteiger partial charge is 0.493 e. The lowest BCUT2D eigenvalue weighted by Gasteiger charge is -2.17. The summed E-state index contributed by atoms with van der Waals surface area (Å²) in [6, 6.07) is 20.7. The molecule has 0 aliphatic rings. The number of benzene rings is 2. The predicted molar refractivity (Wildman–Crippen MR) is 104 cm³/mol. The lowest BCUT2D eigenvalue weighted by atomic mass is 10.0. The van der Waals surface area contributed by atoms with Gasteiger partial charge in [-0.1, -0.05) is 86.8 Å². The number of para-hydroxylation sites is 1. The van der Waals surface area contributed by atoms with E-state index >= 15 is 0 Å². The molecule has 0 fully saturated rings. The third kappa shape index (κ3) is 6.23. The molecule has 0 aliphatic carbocycles. The molecule has 0 heterocycles. The third-order valence-corrected chi connectivity index (χ3v) is 6.35. The van der Waals surface area contributed by atoms with Gasteiger partial charge in [-0.05, 0) is 30.0 Å². The van der Waals surface area contributed by atoms with Gasteiger partial charge in [-0.3, -0.25) is 0 Å². The van der Waals surface area contributed by atoms with Crippen LogP contribution in [0.2, 0.25) is 0 Å². The molecule has 2 heteroatoms. The number of hydrogen-bond donors (Lipinski definition) is 0. The molecule has 0 aliphatic heterocycles. The van der Waals surface area contributed by atoms with Crippen molar-refractivity contribution in [1.29, 1.82) is 0 Å². The molecule has 1 atom stereocenters. The monoisotopic (exact) mass is 326 g/mol. The fourth-order valence-electron chi connectivity index (χ4n) is 2.88. The normalized spacial score (nSPS) is 12.6. The maximum Gasteiger partial charge on any atom is 0.122 e. The minimum absolute atomic E-state index is 0.266. The molecule has 0 spiro atoms. The van der Waals surface area contributed by atoms with Crippen LogP contribution in [0.3, 0.4) is 0 Å². The Morgan fingerprint density at radius 1 is 0.957 bits per heavy atom. The molecule has 1 nitrogen and oxygen atoms in total. The number of hydrogen-bond acceptors (Lipinski definition) is 1. The average molecular weight is 327 g/mol. The fraction of sp³-hybridized carbons (Fsp3) is 0.429. The van der Waals surface area contributed by atoms with Crippen LogP contribution in [-0.2, 0) is 6.04 Å². The van der Waals surface area contributed by atoms with Gasteiger partial charge in [0.15, 0.2) is 0 Å². The molecule has 124 valence electrons. The zero-order chi connectivity index (χ0) is 16.3. The lowest BCUT2D eigenvalue weighted by molar-refractivity contribution is 0.232. The van der Waals surface area contributed by atoms with Crippen molar-refractivity contribution >= 4 is 14.7 Å². The first-order valence-electron chi connectivity index (χ1n) is 9.08. The smallest absolute Gasteiger partial charge is 0.122 e. The Kier molecular flexibility index (Phi) is 7.95. The summed E-state index contributed by atoms with van der Waals surface area (Å²) in [4.78, 5) is 0. The summed E-state index contributed by atoms with van der Waals surface area (Å²) >= 11 is 0. The van der Waals surface area contributed by atoms with E-state index in [-0.39, 0.29) is 9.52 Å². The van der Waals surface area contributed by atoms with Gasteiger partial charge in [-0.25, -0.2) is 0 Å². The van der Waals surface area contributed by atoms with Gasteiger partial charge in [0, 0.05) is 0 Å². The summed E-state index contributed by atoms with van der Waals surface area (Å²) in [7, 11) is -0.266. The van der Waals surface area contributed by atoms with Gasteiger partial charge in [0.25, 0.3) is 0 Å². The lowest BCUT2D eigenvalue weighted by Crippen LogP contribution is -2.17. The van der Waals surface area contributed by atoms with E-state index in [0.717, 1.165) is 12.4 Å².